The van der Waals surface area contributed by atoms with Crippen molar-refractivity contribution in [2.45, 2.75) is 36.6 Å². The normalized spacial score (nSPS) is 21.2. The summed E-state index contributed by atoms with van der Waals surface area (Å²) in [5, 5.41) is 3.33. The van der Waals surface area contributed by atoms with Crippen LogP contribution in [0.3, 0.4) is 0 Å². The van der Waals surface area contributed by atoms with E-state index in [2.05, 4.69) is 5.32 Å². The van der Waals surface area contributed by atoms with E-state index in [0.29, 0.717) is 19.1 Å². The second-order valence-corrected chi connectivity index (χ2v) is 8.40. The smallest absolute Gasteiger partial charge is 0.246 e. The van der Waals surface area contributed by atoms with E-state index in [1.54, 1.807) is 0 Å². The van der Waals surface area contributed by atoms with Crippen molar-refractivity contribution in [2.75, 3.05) is 19.6 Å². The largest absolute Gasteiger partial charge is 0.314 e. The SMILES string of the molecule is O=S(=O)(c1cccc(Cl)c1F)N1CCC(NCC2CC2)CC1. The van der Waals surface area contributed by atoms with E-state index in [0.717, 1.165) is 25.3 Å². The Kier molecular flexibility index (Phi) is 4.73. The third-order valence-electron chi connectivity index (χ3n) is 4.38. The van der Waals surface area contributed by atoms with Gasteiger partial charge in [0.05, 0.1) is 5.02 Å². The zero-order valence-electron chi connectivity index (χ0n) is 12.3. The Morgan fingerprint density at radius 1 is 1.23 bits per heavy atom. The van der Waals surface area contributed by atoms with E-state index in [4.69, 9.17) is 11.6 Å². The third kappa shape index (κ3) is 3.45. The fraction of sp³-hybridized carbons (Fsp3) is 0.600. The molecule has 1 saturated heterocycles. The summed E-state index contributed by atoms with van der Waals surface area (Å²) < 4.78 is 40.5. The molecule has 2 fully saturated rings. The van der Waals surface area contributed by atoms with Gasteiger partial charge in [0, 0.05) is 19.1 Å². The van der Waals surface area contributed by atoms with Gasteiger partial charge in [0.25, 0.3) is 0 Å². The molecule has 1 heterocycles. The van der Waals surface area contributed by atoms with Gasteiger partial charge in [0.2, 0.25) is 10.0 Å². The Balaban J connectivity index is 1.65. The first-order valence-corrected chi connectivity index (χ1v) is 9.48. The third-order valence-corrected chi connectivity index (χ3v) is 6.59. The summed E-state index contributed by atoms with van der Waals surface area (Å²) in [5.41, 5.74) is 0. The van der Waals surface area contributed by atoms with Gasteiger partial charge in [-0.1, -0.05) is 17.7 Å². The quantitative estimate of drug-likeness (QED) is 0.891. The molecule has 1 aliphatic heterocycles. The van der Waals surface area contributed by atoms with E-state index < -0.39 is 15.8 Å². The van der Waals surface area contributed by atoms with Crippen LogP contribution in [-0.4, -0.2) is 38.4 Å². The number of halogens is 2. The molecule has 3 rings (SSSR count). The van der Waals surface area contributed by atoms with E-state index in [1.807, 2.05) is 0 Å². The molecule has 0 bridgehead atoms. The van der Waals surface area contributed by atoms with Crippen molar-refractivity contribution in [3.63, 3.8) is 0 Å². The number of nitrogens with one attached hydrogen (secondary N) is 1. The van der Waals surface area contributed by atoms with Gasteiger partial charge in [0.15, 0.2) is 5.82 Å². The fourth-order valence-electron chi connectivity index (χ4n) is 2.78. The molecule has 0 radical (unpaired) electrons. The van der Waals surface area contributed by atoms with Crippen LogP contribution in [0.5, 0.6) is 0 Å². The highest BCUT2D eigenvalue weighted by Crippen LogP contribution is 2.29. The standard InChI is InChI=1S/C15H20ClFN2O2S/c16-13-2-1-3-14(15(13)17)22(20,21)19-8-6-12(7-9-19)18-10-11-4-5-11/h1-3,11-12,18H,4-10H2. The van der Waals surface area contributed by atoms with Gasteiger partial charge in [-0.05, 0) is 50.3 Å². The lowest BCUT2D eigenvalue weighted by Crippen LogP contribution is -2.45. The van der Waals surface area contributed by atoms with E-state index in [-0.39, 0.29) is 9.92 Å². The number of nitrogens with zero attached hydrogens (tertiary/aromatic N) is 1. The maximum Gasteiger partial charge on any atom is 0.246 e. The zero-order chi connectivity index (χ0) is 15.7. The van der Waals surface area contributed by atoms with Gasteiger partial charge in [0.1, 0.15) is 4.90 Å². The Morgan fingerprint density at radius 3 is 2.55 bits per heavy atom. The lowest BCUT2D eigenvalue weighted by Gasteiger charge is -2.31. The first-order valence-electron chi connectivity index (χ1n) is 7.66. The number of rotatable bonds is 5. The monoisotopic (exact) mass is 346 g/mol. The molecule has 0 spiro atoms. The van der Waals surface area contributed by atoms with Crippen LogP contribution >= 0.6 is 11.6 Å². The van der Waals surface area contributed by atoms with Crippen molar-refractivity contribution in [3.8, 4) is 0 Å². The molecule has 22 heavy (non-hydrogen) atoms. The molecule has 0 unspecified atom stereocenters. The van der Waals surface area contributed by atoms with Gasteiger partial charge in [-0.15, -0.1) is 0 Å². The number of sulfonamides is 1. The van der Waals surface area contributed by atoms with Crippen LogP contribution in [-0.2, 0) is 10.0 Å². The highest BCUT2D eigenvalue weighted by molar-refractivity contribution is 7.89. The average molecular weight is 347 g/mol. The van der Waals surface area contributed by atoms with Crippen LogP contribution in [0.15, 0.2) is 23.1 Å². The van der Waals surface area contributed by atoms with Crippen LogP contribution < -0.4 is 5.32 Å². The molecule has 2 aliphatic rings. The lowest BCUT2D eigenvalue weighted by molar-refractivity contribution is 0.287. The molecule has 4 nitrogen and oxygen atoms in total. The summed E-state index contributed by atoms with van der Waals surface area (Å²) in [6.07, 6.45) is 4.12. The fourth-order valence-corrected chi connectivity index (χ4v) is 4.57. The summed E-state index contributed by atoms with van der Waals surface area (Å²) in [6.45, 7) is 1.85. The maximum atomic E-state index is 14.0. The van der Waals surface area contributed by atoms with Crippen molar-refractivity contribution < 1.29 is 12.8 Å². The molecule has 1 N–H and O–H groups in total. The van der Waals surface area contributed by atoms with E-state index in [1.165, 1.54) is 35.3 Å². The molecule has 1 aliphatic carbocycles. The summed E-state index contributed by atoms with van der Waals surface area (Å²) >= 11 is 5.69. The molecule has 1 aromatic rings. The first-order chi connectivity index (χ1) is 10.5. The molecule has 1 aromatic carbocycles. The van der Waals surface area contributed by atoms with Gasteiger partial charge >= 0.3 is 0 Å². The predicted octanol–water partition coefficient (Wildman–Crippen LogP) is 2.63. The molecule has 0 aromatic heterocycles. The Bertz CT molecular complexity index is 641. The molecule has 0 atom stereocenters. The first kappa shape index (κ1) is 16.2. The van der Waals surface area contributed by atoms with Crippen molar-refractivity contribution in [2.24, 2.45) is 5.92 Å². The Hall–Kier alpha value is -0.690. The maximum absolute atomic E-state index is 14.0. The average Bonchev–Trinajstić information content (AvgIpc) is 3.32. The lowest BCUT2D eigenvalue weighted by atomic mass is 10.1. The van der Waals surface area contributed by atoms with Crippen LogP contribution in [0.25, 0.3) is 0 Å². The Morgan fingerprint density at radius 2 is 1.91 bits per heavy atom. The molecular weight excluding hydrogens is 327 g/mol. The number of piperidine rings is 1. The zero-order valence-corrected chi connectivity index (χ0v) is 13.8. The summed E-state index contributed by atoms with van der Waals surface area (Å²) in [4.78, 5) is -0.329. The summed E-state index contributed by atoms with van der Waals surface area (Å²) in [5.74, 6) is -0.0551. The van der Waals surface area contributed by atoms with Gasteiger partial charge in [-0.2, -0.15) is 4.31 Å². The number of hydrogen-bond acceptors (Lipinski definition) is 3. The van der Waals surface area contributed by atoms with Crippen molar-refractivity contribution in [1.82, 2.24) is 9.62 Å². The highest BCUT2D eigenvalue weighted by atomic mass is 35.5. The summed E-state index contributed by atoms with van der Waals surface area (Å²) in [6, 6.07) is 4.44. The van der Waals surface area contributed by atoms with Crippen molar-refractivity contribution in [1.29, 1.82) is 0 Å². The van der Waals surface area contributed by atoms with Gasteiger partial charge < -0.3 is 5.32 Å². The molecule has 0 amide bonds. The number of hydrogen-bond donors (Lipinski definition) is 1. The second-order valence-electron chi connectivity index (χ2n) is 6.08. The molecule has 122 valence electrons. The van der Waals surface area contributed by atoms with Crippen molar-refractivity contribution >= 4 is 21.6 Å². The molecule has 1 saturated carbocycles. The molecular formula is C15H20ClFN2O2S. The minimum Gasteiger partial charge on any atom is -0.314 e. The Labute approximate surface area is 135 Å². The minimum absolute atomic E-state index is 0.165. The van der Waals surface area contributed by atoms with Gasteiger partial charge in [-0.3, -0.25) is 0 Å². The minimum atomic E-state index is -3.81. The summed E-state index contributed by atoms with van der Waals surface area (Å²) in [7, 11) is -3.81. The molecule has 7 heteroatoms. The van der Waals surface area contributed by atoms with Crippen LogP contribution in [0.1, 0.15) is 25.7 Å². The van der Waals surface area contributed by atoms with Crippen LogP contribution in [0, 0.1) is 11.7 Å². The van der Waals surface area contributed by atoms with Crippen molar-refractivity contribution in [3.05, 3.63) is 29.0 Å². The van der Waals surface area contributed by atoms with E-state index in [9.17, 15) is 12.8 Å². The predicted molar refractivity (Wildman–Crippen MR) is 83.9 cm³/mol. The second kappa shape index (κ2) is 6.43. The van der Waals surface area contributed by atoms with E-state index >= 15 is 0 Å². The van der Waals surface area contributed by atoms with Crippen LogP contribution in [0.2, 0.25) is 5.02 Å². The topological polar surface area (TPSA) is 49.4 Å². The van der Waals surface area contributed by atoms with Crippen LogP contribution in [0.4, 0.5) is 4.39 Å². The van der Waals surface area contributed by atoms with Gasteiger partial charge in [-0.25, -0.2) is 12.8 Å². The highest BCUT2D eigenvalue weighted by Gasteiger charge is 2.32. The number of benzene rings is 1.